The minimum atomic E-state index is -0.429. The average molecular weight is 505 g/mol. The Labute approximate surface area is 220 Å². The van der Waals surface area contributed by atoms with Gasteiger partial charge >= 0.3 is 0 Å². The zero-order chi connectivity index (χ0) is 26.0. The van der Waals surface area contributed by atoms with Crippen molar-refractivity contribution in [3.05, 3.63) is 53.1 Å². The van der Waals surface area contributed by atoms with Crippen LogP contribution >= 0.6 is 0 Å². The molecule has 5 rings (SSSR count). The van der Waals surface area contributed by atoms with Gasteiger partial charge in [0.15, 0.2) is 0 Å². The Kier molecular flexibility index (Phi) is 7.50. The number of benzene rings is 1. The van der Waals surface area contributed by atoms with Crippen molar-refractivity contribution in [1.82, 2.24) is 19.8 Å². The van der Waals surface area contributed by atoms with Crippen molar-refractivity contribution in [2.75, 3.05) is 26.2 Å². The first-order valence-electron chi connectivity index (χ1n) is 14.0. The fraction of sp³-hybridized carbons (Fsp3) is 0.600. The molecule has 0 unspecified atom stereocenters. The molecular weight excluding hydrogens is 464 g/mol. The van der Waals surface area contributed by atoms with Gasteiger partial charge < -0.3 is 14.5 Å². The molecule has 1 spiro atoms. The normalized spacial score (nSPS) is 20.7. The monoisotopic (exact) mass is 504 g/mol. The number of rotatable bonds is 3. The maximum Gasteiger partial charge on any atom is 0.257 e. The summed E-state index contributed by atoms with van der Waals surface area (Å²) in [5, 5.41) is 0. The molecule has 37 heavy (non-hydrogen) atoms. The number of piperidine rings is 1. The Morgan fingerprint density at radius 2 is 1.84 bits per heavy atom. The van der Waals surface area contributed by atoms with E-state index in [1.807, 2.05) is 28.9 Å². The van der Waals surface area contributed by atoms with Gasteiger partial charge in [0.25, 0.3) is 5.91 Å². The molecule has 2 aromatic rings. The van der Waals surface area contributed by atoms with Crippen LogP contribution in [0.4, 0.5) is 0 Å². The zero-order valence-electron chi connectivity index (χ0n) is 22.5. The molecule has 1 saturated carbocycles. The highest BCUT2D eigenvalue weighted by Gasteiger charge is 2.44. The van der Waals surface area contributed by atoms with E-state index in [4.69, 9.17) is 4.74 Å². The number of carbonyl (C=O) groups is 2. The molecule has 3 aliphatic rings. The number of hydrogen-bond acceptors (Lipinski definition) is 5. The van der Waals surface area contributed by atoms with Crippen LogP contribution in [0.1, 0.15) is 92.2 Å². The van der Waals surface area contributed by atoms with Crippen LogP contribution in [0.2, 0.25) is 0 Å². The average Bonchev–Trinajstić information content (AvgIpc) is 3.74. The van der Waals surface area contributed by atoms with Crippen LogP contribution in [0.25, 0.3) is 0 Å². The van der Waals surface area contributed by atoms with Crippen molar-refractivity contribution in [2.45, 2.75) is 84.1 Å². The third kappa shape index (κ3) is 5.51. The number of hydrogen-bond donors (Lipinski definition) is 0. The van der Waals surface area contributed by atoms with Crippen molar-refractivity contribution in [3.63, 3.8) is 0 Å². The van der Waals surface area contributed by atoms with E-state index in [9.17, 15) is 9.59 Å². The van der Waals surface area contributed by atoms with E-state index in [1.165, 1.54) is 5.56 Å². The largest absolute Gasteiger partial charge is 0.491 e. The minimum absolute atomic E-state index is 0.0129. The first-order chi connectivity index (χ1) is 17.9. The summed E-state index contributed by atoms with van der Waals surface area (Å²) in [7, 11) is 0. The summed E-state index contributed by atoms with van der Waals surface area (Å²) in [6, 6.07) is 8.35. The predicted octanol–water partition coefficient (Wildman–Crippen LogP) is 4.93. The molecule has 1 aliphatic carbocycles. The molecule has 198 valence electrons. The van der Waals surface area contributed by atoms with Crippen LogP contribution in [-0.4, -0.2) is 63.9 Å². The number of nitrogens with zero attached hydrogens (tertiary/aromatic N) is 4. The Hall–Kier alpha value is -2.96. The number of likely N-dealkylation sites (tertiary alicyclic amines) is 1. The summed E-state index contributed by atoms with van der Waals surface area (Å²) in [5.74, 6) is 2.48. The number of carbonyl (C=O) groups excluding carboxylic acids is 2. The number of ether oxygens (including phenoxy) is 1. The van der Waals surface area contributed by atoms with Crippen LogP contribution in [-0.2, 0) is 11.2 Å². The summed E-state index contributed by atoms with van der Waals surface area (Å²) in [4.78, 5) is 40.5. The third-order valence-corrected chi connectivity index (χ3v) is 8.43. The quantitative estimate of drug-likeness (QED) is 0.593. The number of aryl methyl sites for hydroxylation is 2. The van der Waals surface area contributed by atoms with Crippen molar-refractivity contribution in [1.29, 1.82) is 0 Å². The Morgan fingerprint density at radius 3 is 2.54 bits per heavy atom. The SMILES string of the molecule is Cc1nc(C2CC2)ncc1C(=O)N1CCC2(CCCCc3ccccc3OCCN(C(C)C)C2=O)CC1. The van der Waals surface area contributed by atoms with E-state index in [0.29, 0.717) is 50.6 Å². The van der Waals surface area contributed by atoms with Gasteiger partial charge in [-0.3, -0.25) is 9.59 Å². The highest BCUT2D eigenvalue weighted by molar-refractivity contribution is 5.95. The maximum absolute atomic E-state index is 14.1. The molecular formula is C30H40N4O3. The molecule has 0 atom stereocenters. The van der Waals surface area contributed by atoms with Gasteiger partial charge in [0.2, 0.25) is 5.91 Å². The number of amides is 2. The Morgan fingerprint density at radius 1 is 1.08 bits per heavy atom. The molecule has 1 aromatic carbocycles. The highest BCUT2D eigenvalue weighted by Crippen LogP contribution is 2.41. The van der Waals surface area contributed by atoms with Crippen LogP contribution < -0.4 is 4.74 Å². The van der Waals surface area contributed by atoms with Crippen molar-refractivity contribution >= 4 is 11.8 Å². The van der Waals surface area contributed by atoms with Gasteiger partial charge in [-0.05, 0) is 77.3 Å². The Balaban J connectivity index is 1.31. The van der Waals surface area contributed by atoms with E-state index in [1.54, 1.807) is 6.20 Å². The fourth-order valence-corrected chi connectivity index (χ4v) is 5.90. The molecule has 0 N–H and O–H groups in total. The van der Waals surface area contributed by atoms with Gasteiger partial charge in [0.1, 0.15) is 18.2 Å². The van der Waals surface area contributed by atoms with Gasteiger partial charge in [-0.1, -0.05) is 24.6 Å². The number of aromatic nitrogens is 2. The second kappa shape index (κ2) is 10.8. The van der Waals surface area contributed by atoms with E-state index < -0.39 is 5.41 Å². The van der Waals surface area contributed by atoms with Crippen LogP contribution in [0, 0.1) is 12.3 Å². The highest BCUT2D eigenvalue weighted by atomic mass is 16.5. The van der Waals surface area contributed by atoms with Crippen molar-refractivity contribution in [3.8, 4) is 5.75 Å². The van der Waals surface area contributed by atoms with Crippen molar-refractivity contribution < 1.29 is 14.3 Å². The van der Waals surface area contributed by atoms with Crippen molar-refractivity contribution in [2.24, 2.45) is 5.41 Å². The van der Waals surface area contributed by atoms with E-state index >= 15 is 0 Å². The number of para-hydroxylation sites is 1. The maximum atomic E-state index is 14.1. The second-order valence-corrected chi connectivity index (χ2v) is 11.3. The summed E-state index contributed by atoms with van der Waals surface area (Å²) < 4.78 is 6.14. The third-order valence-electron chi connectivity index (χ3n) is 8.43. The molecule has 0 bridgehead atoms. The molecule has 2 amide bonds. The second-order valence-electron chi connectivity index (χ2n) is 11.3. The fourth-order valence-electron chi connectivity index (χ4n) is 5.90. The lowest BCUT2D eigenvalue weighted by molar-refractivity contribution is -0.148. The van der Waals surface area contributed by atoms with Crippen LogP contribution in [0.5, 0.6) is 5.75 Å². The first-order valence-corrected chi connectivity index (χ1v) is 14.0. The number of fused-ring (bicyclic) bond motifs is 1. The molecule has 7 nitrogen and oxygen atoms in total. The lowest BCUT2D eigenvalue weighted by Gasteiger charge is -2.44. The topological polar surface area (TPSA) is 75.6 Å². The Bertz CT molecular complexity index is 1140. The summed E-state index contributed by atoms with van der Waals surface area (Å²) >= 11 is 0. The van der Waals surface area contributed by atoms with Gasteiger partial charge in [-0.2, -0.15) is 0 Å². The molecule has 1 saturated heterocycles. The van der Waals surface area contributed by atoms with Gasteiger partial charge in [-0.25, -0.2) is 9.97 Å². The van der Waals surface area contributed by atoms with Crippen LogP contribution in [0.15, 0.2) is 30.5 Å². The molecule has 0 radical (unpaired) electrons. The van der Waals surface area contributed by atoms with Crippen LogP contribution in [0.3, 0.4) is 0 Å². The molecule has 2 aliphatic heterocycles. The molecule has 2 fully saturated rings. The molecule has 1 aromatic heterocycles. The zero-order valence-corrected chi connectivity index (χ0v) is 22.5. The molecule has 7 heteroatoms. The minimum Gasteiger partial charge on any atom is -0.491 e. The van der Waals surface area contributed by atoms with Gasteiger partial charge in [0.05, 0.1) is 23.2 Å². The smallest absolute Gasteiger partial charge is 0.257 e. The van der Waals surface area contributed by atoms with E-state index in [2.05, 4.69) is 35.9 Å². The first kappa shape index (κ1) is 25.7. The molecule has 3 heterocycles. The van der Waals surface area contributed by atoms with E-state index in [-0.39, 0.29) is 17.9 Å². The predicted molar refractivity (Wildman–Crippen MR) is 143 cm³/mol. The van der Waals surface area contributed by atoms with E-state index in [0.717, 1.165) is 55.8 Å². The lowest BCUT2D eigenvalue weighted by Crippen LogP contribution is -2.53. The summed E-state index contributed by atoms with van der Waals surface area (Å²) in [6.07, 6.45) is 9.19. The van der Waals surface area contributed by atoms with Gasteiger partial charge in [-0.15, -0.1) is 0 Å². The van der Waals surface area contributed by atoms with Gasteiger partial charge in [0, 0.05) is 31.2 Å². The standard InChI is InChI=1S/C30H40N4O3/c1-21(2)34-18-19-37-26-10-5-4-8-23(26)9-6-7-13-30(29(34)36)14-16-33(17-15-30)28(35)25-20-31-27(24-11-12-24)32-22(25)3/h4-5,8,10,20-21,24H,6-7,9,11-19H2,1-3H3. The summed E-state index contributed by atoms with van der Waals surface area (Å²) in [5.41, 5.74) is 2.16. The summed E-state index contributed by atoms with van der Waals surface area (Å²) in [6.45, 7) is 8.29. The lowest BCUT2D eigenvalue weighted by atomic mass is 9.72.